The predicted molar refractivity (Wildman–Crippen MR) is 73.4 cm³/mol. The summed E-state index contributed by atoms with van der Waals surface area (Å²) in [6.45, 7) is 5.56. The lowest BCUT2D eigenvalue weighted by molar-refractivity contribution is -0.139. The number of carbonyl (C=O) groups is 2. The number of halogens is 2. The van der Waals surface area contributed by atoms with Crippen LogP contribution < -0.4 is 10.6 Å². The number of piperazine rings is 2. The third-order valence-electron chi connectivity index (χ3n) is 2.96. The highest BCUT2D eigenvalue weighted by molar-refractivity contribution is 5.86. The van der Waals surface area contributed by atoms with Crippen molar-refractivity contribution < 1.29 is 9.59 Å². The number of carbonyl (C=O) groups excluding carboxylic acids is 2. The summed E-state index contributed by atoms with van der Waals surface area (Å²) >= 11 is 0. The van der Waals surface area contributed by atoms with Crippen molar-refractivity contribution in [2.75, 3.05) is 52.4 Å². The van der Waals surface area contributed by atoms with Gasteiger partial charge in [-0.15, -0.1) is 24.8 Å². The highest BCUT2D eigenvalue weighted by Crippen LogP contribution is 1.98. The van der Waals surface area contributed by atoms with Gasteiger partial charge in [-0.2, -0.15) is 0 Å². The van der Waals surface area contributed by atoms with Gasteiger partial charge in [-0.3, -0.25) is 14.5 Å². The first-order valence-electron chi connectivity index (χ1n) is 5.73. The maximum Gasteiger partial charge on any atom is 0.239 e. The smallest absolute Gasteiger partial charge is 0.239 e. The molecular weight excluding hydrogens is 279 g/mol. The Balaban J connectivity index is 0.00000144. The van der Waals surface area contributed by atoms with Crippen LogP contribution in [0.4, 0.5) is 0 Å². The molecule has 18 heavy (non-hydrogen) atoms. The maximum atomic E-state index is 11.9. The summed E-state index contributed by atoms with van der Waals surface area (Å²) in [6, 6.07) is 0. The second kappa shape index (κ2) is 8.53. The molecule has 2 heterocycles. The second-order valence-electron chi connectivity index (χ2n) is 4.19. The van der Waals surface area contributed by atoms with E-state index in [-0.39, 0.29) is 43.2 Å². The van der Waals surface area contributed by atoms with Crippen LogP contribution in [0.25, 0.3) is 0 Å². The summed E-state index contributed by atoms with van der Waals surface area (Å²) in [6.07, 6.45) is 0. The number of nitrogens with zero attached hydrogens (tertiary/aromatic N) is 2. The molecule has 2 aliphatic heterocycles. The molecule has 2 amide bonds. The molecule has 0 saturated carbocycles. The molecule has 0 bridgehead atoms. The van der Waals surface area contributed by atoms with E-state index < -0.39 is 0 Å². The van der Waals surface area contributed by atoms with Gasteiger partial charge < -0.3 is 15.5 Å². The lowest BCUT2D eigenvalue weighted by Gasteiger charge is -2.31. The zero-order valence-corrected chi connectivity index (χ0v) is 11.8. The van der Waals surface area contributed by atoms with Crippen LogP contribution in [0.5, 0.6) is 0 Å². The fraction of sp³-hybridized carbons (Fsp3) is 0.800. The first-order valence-corrected chi connectivity index (χ1v) is 5.73. The molecular formula is C10H20Cl2N4O2. The Labute approximate surface area is 119 Å². The summed E-state index contributed by atoms with van der Waals surface area (Å²) in [5.74, 6) is 0.0108. The molecule has 0 radical (unpaired) electrons. The van der Waals surface area contributed by atoms with Gasteiger partial charge in [-0.25, -0.2) is 0 Å². The number of hydrogen-bond acceptors (Lipinski definition) is 4. The number of nitrogens with one attached hydrogen (secondary N) is 2. The van der Waals surface area contributed by atoms with Gasteiger partial charge in [0, 0.05) is 39.3 Å². The van der Waals surface area contributed by atoms with E-state index in [0.717, 1.165) is 26.2 Å². The molecule has 2 rings (SSSR count). The summed E-state index contributed by atoms with van der Waals surface area (Å²) in [5.41, 5.74) is 0. The third-order valence-corrected chi connectivity index (χ3v) is 2.96. The standard InChI is InChI=1S/C10H18N4O2.2ClH/c15-9-7-14(6-3-12-9)10(16)8-13-4-1-11-2-5-13;;/h11H,1-8H2,(H,12,15);2*1H. The van der Waals surface area contributed by atoms with Crippen LogP contribution in [-0.4, -0.2) is 74.0 Å². The normalized spacial score (nSPS) is 20.4. The SMILES string of the molecule is Cl.Cl.O=C1CN(C(=O)CN2CCNCC2)CCN1. The average molecular weight is 299 g/mol. The Morgan fingerprint density at radius 2 is 1.78 bits per heavy atom. The van der Waals surface area contributed by atoms with E-state index in [1.807, 2.05) is 0 Å². The van der Waals surface area contributed by atoms with Gasteiger partial charge in [0.05, 0.1) is 13.1 Å². The van der Waals surface area contributed by atoms with E-state index in [1.54, 1.807) is 4.90 Å². The molecule has 2 saturated heterocycles. The van der Waals surface area contributed by atoms with Crippen LogP contribution in [-0.2, 0) is 9.59 Å². The zero-order valence-electron chi connectivity index (χ0n) is 10.2. The van der Waals surface area contributed by atoms with Crippen molar-refractivity contribution in [3.63, 3.8) is 0 Å². The van der Waals surface area contributed by atoms with Crippen molar-refractivity contribution in [3.05, 3.63) is 0 Å². The minimum Gasteiger partial charge on any atom is -0.353 e. The molecule has 0 aliphatic carbocycles. The number of amides is 2. The minimum absolute atomic E-state index is 0. The molecule has 2 aliphatic rings. The Kier molecular flexibility index (Phi) is 8.26. The monoisotopic (exact) mass is 298 g/mol. The molecule has 8 heteroatoms. The van der Waals surface area contributed by atoms with Crippen LogP contribution >= 0.6 is 24.8 Å². The molecule has 6 nitrogen and oxygen atoms in total. The average Bonchev–Trinajstić information content (AvgIpc) is 2.30. The van der Waals surface area contributed by atoms with Gasteiger partial charge in [-0.1, -0.05) is 0 Å². The van der Waals surface area contributed by atoms with Gasteiger partial charge in [0.15, 0.2) is 0 Å². The Hall–Kier alpha value is -0.560. The third kappa shape index (κ3) is 4.97. The van der Waals surface area contributed by atoms with Crippen molar-refractivity contribution in [2.24, 2.45) is 0 Å². The number of hydrogen-bond donors (Lipinski definition) is 2. The fourth-order valence-electron chi connectivity index (χ4n) is 2.01. The summed E-state index contributed by atoms with van der Waals surface area (Å²) < 4.78 is 0. The molecule has 0 unspecified atom stereocenters. The second-order valence-corrected chi connectivity index (χ2v) is 4.19. The van der Waals surface area contributed by atoms with Crippen LogP contribution in [0.2, 0.25) is 0 Å². The molecule has 2 fully saturated rings. The van der Waals surface area contributed by atoms with Crippen molar-refractivity contribution in [1.82, 2.24) is 20.4 Å². The van der Waals surface area contributed by atoms with Crippen molar-refractivity contribution >= 4 is 36.6 Å². The van der Waals surface area contributed by atoms with Gasteiger partial charge in [-0.05, 0) is 0 Å². The van der Waals surface area contributed by atoms with E-state index >= 15 is 0 Å². The highest BCUT2D eigenvalue weighted by atomic mass is 35.5. The van der Waals surface area contributed by atoms with Gasteiger partial charge in [0.1, 0.15) is 0 Å². The van der Waals surface area contributed by atoms with Gasteiger partial charge in [0.2, 0.25) is 11.8 Å². The molecule has 0 aromatic rings. The first kappa shape index (κ1) is 17.4. The number of rotatable bonds is 2. The van der Waals surface area contributed by atoms with Crippen LogP contribution in [0.3, 0.4) is 0 Å². The molecule has 0 aromatic heterocycles. The van der Waals surface area contributed by atoms with Gasteiger partial charge >= 0.3 is 0 Å². The van der Waals surface area contributed by atoms with E-state index in [4.69, 9.17) is 0 Å². The summed E-state index contributed by atoms with van der Waals surface area (Å²) in [5, 5.41) is 5.96. The Morgan fingerprint density at radius 3 is 2.39 bits per heavy atom. The molecule has 0 aromatic carbocycles. The summed E-state index contributed by atoms with van der Waals surface area (Å²) in [4.78, 5) is 26.8. The Morgan fingerprint density at radius 1 is 1.11 bits per heavy atom. The van der Waals surface area contributed by atoms with Crippen molar-refractivity contribution in [1.29, 1.82) is 0 Å². The largest absolute Gasteiger partial charge is 0.353 e. The highest BCUT2D eigenvalue weighted by Gasteiger charge is 2.23. The van der Waals surface area contributed by atoms with Gasteiger partial charge in [0.25, 0.3) is 0 Å². The lowest BCUT2D eigenvalue weighted by atomic mass is 10.3. The quantitative estimate of drug-likeness (QED) is 0.665. The van der Waals surface area contributed by atoms with E-state index in [2.05, 4.69) is 15.5 Å². The zero-order chi connectivity index (χ0) is 11.4. The maximum absolute atomic E-state index is 11.9. The first-order chi connectivity index (χ1) is 7.75. The van der Waals surface area contributed by atoms with Crippen molar-refractivity contribution in [2.45, 2.75) is 0 Å². The van der Waals surface area contributed by atoms with E-state index in [1.165, 1.54) is 0 Å². The molecule has 0 atom stereocenters. The van der Waals surface area contributed by atoms with Crippen LogP contribution in [0.1, 0.15) is 0 Å². The Bertz CT molecular complexity index is 285. The van der Waals surface area contributed by atoms with E-state index in [9.17, 15) is 9.59 Å². The topological polar surface area (TPSA) is 64.7 Å². The summed E-state index contributed by atoms with van der Waals surface area (Å²) in [7, 11) is 0. The lowest BCUT2D eigenvalue weighted by Crippen LogP contribution is -2.54. The fourth-order valence-corrected chi connectivity index (χ4v) is 2.01. The molecule has 2 N–H and O–H groups in total. The van der Waals surface area contributed by atoms with E-state index in [0.29, 0.717) is 19.6 Å². The van der Waals surface area contributed by atoms with Crippen LogP contribution in [0.15, 0.2) is 0 Å². The minimum atomic E-state index is -0.0556. The predicted octanol–water partition coefficient (Wildman–Crippen LogP) is -1.31. The molecule has 0 spiro atoms. The van der Waals surface area contributed by atoms with Crippen LogP contribution in [0, 0.1) is 0 Å². The molecule has 106 valence electrons. The van der Waals surface area contributed by atoms with Crippen molar-refractivity contribution in [3.8, 4) is 0 Å².